The highest BCUT2D eigenvalue weighted by Gasteiger charge is 2.35. The van der Waals surface area contributed by atoms with Gasteiger partial charge in [-0.15, -0.1) is 0 Å². The Morgan fingerprint density at radius 1 is 1.54 bits per heavy atom. The largest absolute Gasteiger partial charge is 0.338 e. The quantitative estimate of drug-likeness (QED) is 0.690. The van der Waals surface area contributed by atoms with E-state index in [2.05, 4.69) is 26.1 Å². The molecule has 1 saturated heterocycles. The van der Waals surface area contributed by atoms with Crippen LogP contribution in [0.3, 0.4) is 0 Å². The van der Waals surface area contributed by atoms with E-state index in [1.807, 2.05) is 11.9 Å². The Morgan fingerprint density at radius 3 is 2.54 bits per heavy atom. The Labute approximate surface area is 80.5 Å². The highest BCUT2D eigenvalue weighted by Crippen LogP contribution is 2.24. The third-order valence-corrected chi connectivity index (χ3v) is 2.51. The minimum Gasteiger partial charge on any atom is -0.338 e. The van der Waals surface area contributed by atoms with E-state index in [4.69, 9.17) is 0 Å². The van der Waals surface area contributed by atoms with Gasteiger partial charge in [0.2, 0.25) is 5.91 Å². The van der Waals surface area contributed by atoms with Gasteiger partial charge in [0.15, 0.2) is 0 Å². The molecule has 3 nitrogen and oxygen atoms in total. The highest BCUT2D eigenvalue weighted by molar-refractivity contribution is 5.79. The van der Waals surface area contributed by atoms with Crippen LogP contribution < -0.4 is 5.32 Å². The topological polar surface area (TPSA) is 32.3 Å². The van der Waals surface area contributed by atoms with Gasteiger partial charge in [-0.2, -0.15) is 0 Å². The molecule has 1 amide bonds. The van der Waals surface area contributed by atoms with Crippen LogP contribution in [0.4, 0.5) is 0 Å². The monoisotopic (exact) mass is 184 g/mol. The summed E-state index contributed by atoms with van der Waals surface area (Å²) in [4.78, 5) is 13.6. The fraction of sp³-hybridized carbons (Fsp3) is 0.900. The van der Waals surface area contributed by atoms with Crippen LogP contribution in [0.2, 0.25) is 0 Å². The van der Waals surface area contributed by atoms with E-state index in [-0.39, 0.29) is 5.54 Å². The van der Waals surface area contributed by atoms with Crippen molar-refractivity contribution >= 4 is 5.91 Å². The Morgan fingerprint density at radius 2 is 2.15 bits per heavy atom. The van der Waals surface area contributed by atoms with Gasteiger partial charge in [-0.25, -0.2) is 0 Å². The first-order valence-electron chi connectivity index (χ1n) is 4.90. The van der Waals surface area contributed by atoms with Crippen molar-refractivity contribution < 1.29 is 4.79 Å². The fourth-order valence-corrected chi connectivity index (χ4v) is 1.86. The molecule has 0 aromatic rings. The minimum atomic E-state index is -0.0143. The number of carbonyl (C=O) groups excluding carboxylic acids is 1. The predicted molar refractivity (Wildman–Crippen MR) is 53.5 cm³/mol. The molecule has 0 bridgehead atoms. The van der Waals surface area contributed by atoms with Crippen LogP contribution in [-0.4, -0.2) is 36.5 Å². The molecule has 76 valence electrons. The first kappa shape index (κ1) is 10.5. The number of amides is 1. The zero-order chi connectivity index (χ0) is 10.1. The molecule has 3 heteroatoms. The van der Waals surface area contributed by atoms with E-state index < -0.39 is 0 Å². The SMILES string of the molecule is CNC[C@H]1CC(=O)N(C(C)(C)C)C1. The second-order valence-electron chi connectivity index (χ2n) is 4.80. The number of hydrogen-bond donors (Lipinski definition) is 1. The Kier molecular flexibility index (Phi) is 2.96. The van der Waals surface area contributed by atoms with Gasteiger partial charge in [0.25, 0.3) is 0 Å². The summed E-state index contributed by atoms with van der Waals surface area (Å²) < 4.78 is 0. The molecule has 0 saturated carbocycles. The van der Waals surface area contributed by atoms with Crippen LogP contribution in [0.25, 0.3) is 0 Å². The van der Waals surface area contributed by atoms with Gasteiger partial charge in [0.1, 0.15) is 0 Å². The van der Waals surface area contributed by atoms with Crippen molar-refractivity contribution in [3.63, 3.8) is 0 Å². The van der Waals surface area contributed by atoms with Gasteiger partial charge in [-0.3, -0.25) is 4.79 Å². The van der Waals surface area contributed by atoms with Crippen molar-refractivity contribution in [1.29, 1.82) is 0 Å². The van der Waals surface area contributed by atoms with Crippen molar-refractivity contribution in [3.8, 4) is 0 Å². The second kappa shape index (κ2) is 3.66. The molecule has 0 radical (unpaired) electrons. The number of likely N-dealkylation sites (tertiary alicyclic amines) is 1. The summed E-state index contributed by atoms with van der Waals surface area (Å²) in [7, 11) is 1.93. The van der Waals surface area contributed by atoms with Crippen LogP contribution >= 0.6 is 0 Å². The minimum absolute atomic E-state index is 0.0143. The van der Waals surface area contributed by atoms with Crippen molar-refractivity contribution in [2.75, 3.05) is 20.1 Å². The summed E-state index contributed by atoms with van der Waals surface area (Å²) in [5.41, 5.74) is -0.0143. The molecule has 13 heavy (non-hydrogen) atoms. The Balaban J connectivity index is 2.57. The number of hydrogen-bond acceptors (Lipinski definition) is 2. The standard InChI is InChI=1S/C10H20N2O/c1-10(2,3)12-7-8(6-11-4)5-9(12)13/h8,11H,5-7H2,1-4H3/t8-/m1/s1. The van der Waals surface area contributed by atoms with Crippen LogP contribution in [0.1, 0.15) is 27.2 Å². The summed E-state index contributed by atoms with van der Waals surface area (Å²) in [5.74, 6) is 0.796. The van der Waals surface area contributed by atoms with Gasteiger partial charge >= 0.3 is 0 Å². The molecular weight excluding hydrogens is 164 g/mol. The van der Waals surface area contributed by atoms with Crippen molar-refractivity contribution in [1.82, 2.24) is 10.2 Å². The molecule has 0 spiro atoms. The smallest absolute Gasteiger partial charge is 0.223 e. The molecule has 0 unspecified atom stereocenters. The summed E-state index contributed by atoms with van der Waals surface area (Å²) >= 11 is 0. The third kappa shape index (κ3) is 2.44. The first-order valence-corrected chi connectivity index (χ1v) is 4.90. The molecule has 1 atom stereocenters. The van der Waals surface area contributed by atoms with E-state index in [0.717, 1.165) is 13.1 Å². The summed E-state index contributed by atoms with van der Waals surface area (Å²) in [6.45, 7) is 8.12. The summed E-state index contributed by atoms with van der Waals surface area (Å²) in [6.07, 6.45) is 0.706. The number of nitrogens with one attached hydrogen (secondary N) is 1. The number of carbonyl (C=O) groups is 1. The summed E-state index contributed by atoms with van der Waals surface area (Å²) in [5, 5.41) is 3.12. The Hall–Kier alpha value is -0.570. The van der Waals surface area contributed by atoms with Gasteiger partial charge in [-0.1, -0.05) is 0 Å². The van der Waals surface area contributed by atoms with E-state index in [9.17, 15) is 4.79 Å². The maximum atomic E-state index is 11.6. The third-order valence-electron chi connectivity index (χ3n) is 2.51. The zero-order valence-electron chi connectivity index (χ0n) is 9.05. The average Bonchev–Trinajstić information content (AvgIpc) is 2.30. The van der Waals surface area contributed by atoms with E-state index >= 15 is 0 Å². The molecule has 0 aromatic heterocycles. The highest BCUT2D eigenvalue weighted by atomic mass is 16.2. The molecule has 1 rings (SSSR count). The number of nitrogens with zero attached hydrogens (tertiary/aromatic N) is 1. The van der Waals surface area contributed by atoms with Crippen LogP contribution in [0.15, 0.2) is 0 Å². The molecule has 1 fully saturated rings. The Bertz CT molecular complexity index is 196. The van der Waals surface area contributed by atoms with Crippen LogP contribution in [0, 0.1) is 5.92 Å². The lowest BCUT2D eigenvalue weighted by Crippen LogP contribution is -2.42. The zero-order valence-corrected chi connectivity index (χ0v) is 9.05. The molecule has 1 N–H and O–H groups in total. The van der Waals surface area contributed by atoms with E-state index in [0.29, 0.717) is 18.2 Å². The van der Waals surface area contributed by atoms with Gasteiger partial charge < -0.3 is 10.2 Å². The second-order valence-corrected chi connectivity index (χ2v) is 4.80. The normalized spacial score (nSPS) is 24.2. The van der Waals surface area contributed by atoms with E-state index in [1.165, 1.54) is 0 Å². The number of rotatable bonds is 2. The van der Waals surface area contributed by atoms with Gasteiger partial charge in [0.05, 0.1) is 0 Å². The molecular formula is C10H20N2O. The molecule has 1 heterocycles. The first-order chi connectivity index (χ1) is 5.95. The molecule has 0 aliphatic carbocycles. The van der Waals surface area contributed by atoms with Crippen molar-refractivity contribution in [2.45, 2.75) is 32.7 Å². The van der Waals surface area contributed by atoms with Gasteiger partial charge in [-0.05, 0) is 40.3 Å². The summed E-state index contributed by atoms with van der Waals surface area (Å²) in [6, 6.07) is 0. The molecule has 1 aliphatic rings. The molecule has 1 aliphatic heterocycles. The lowest BCUT2D eigenvalue weighted by Gasteiger charge is -2.32. The lowest BCUT2D eigenvalue weighted by molar-refractivity contribution is -0.131. The van der Waals surface area contributed by atoms with Crippen molar-refractivity contribution in [2.24, 2.45) is 5.92 Å². The maximum Gasteiger partial charge on any atom is 0.223 e. The van der Waals surface area contributed by atoms with E-state index in [1.54, 1.807) is 0 Å². The van der Waals surface area contributed by atoms with Gasteiger partial charge in [0, 0.05) is 18.5 Å². The fourth-order valence-electron chi connectivity index (χ4n) is 1.86. The van der Waals surface area contributed by atoms with Crippen LogP contribution in [-0.2, 0) is 4.79 Å². The lowest BCUT2D eigenvalue weighted by atomic mass is 10.1. The average molecular weight is 184 g/mol. The predicted octanol–water partition coefficient (Wildman–Crippen LogP) is 0.853. The maximum absolute atomic E-state index is 11.6. The van der Waals surface area contributed by atoms with Crippen LogP contribution in [0.5, 0.6) is 0 Å². The molecule has 0 aromatic carbocycles. The van der Waals surface area contributed by atoms with Crippen molar-refractivity contribution in [3.05, 3.63) is 0 Å².